The van der Waals surface area contributed by atoms with Gasteiger partial charge in [0, 0.05) is 71.2 Å². The van der Waals surface area contributed by atoms with Gasteiger partial charge in [-0.15, -0.1) is 12.4 Å². The molecule has 0 bridgehead atoms. The molecule has 43 heavy (non-hydrogen) atoms. The molecular weight excluding hydrogens is 568 g/mol. The van der Waals surface area contributed by atoms with Gasteiger partial charge in [-0.2, -0.15) is 5.10 Å². The van der Waals surface area contributed by atoms with Crippen LogP contribution < -0.4 is 9.64 Å². The highest BCUT2D eigenvalue weighted by molar-refractivity contribution is 5.87. The fourth-order valence-corrected chi connectivity index (χ4v) is 6.81. The Bertz CT molecular complexity index is 1390. The van der Waals surface area contributed by atoms with Gasteiger partial charge in [-0.3, -0.25) is 14.5 Å². The third kappa shape index (κ3) is 6.88. The molecule has 11 nitrogen and oxygen atoms in total. The van der Waals surface area contributed by atoms with Crippen LogP contribution in [0.1, 0.15) is 45.1 Å². The number of rotatable bonds is 7. The van der Waals surface area contributed by atoms with E-state index >= 15 is 0 Å². The first-order valence-corrected chi connectivity index (χ1v) is 15.4. The maximum absolute atomic E-state index is 13.5. The molecule has 2 amide bonds. The summed E-state index contributed by atoms with van der Waals surface area (Å²) in [5, 5.41) is 5.57. The van der Waals surface area contributed by atoms with Gasteiger partial charge in [0.2, 0.25) is 11.8 Å². The summed E-state index contributed by atoms with van der Waals surface area (Å²) in [5.41, 5.74) is 1.91. The second-order valence-corrected chi connectivity index (χ2v) is 11.7. The zero-order valence-electron chi connectivity index (χ0n) is 25.2. The Balaban J connectivity index is 0.00000368. The van der Waals surface area contributed by atoms with Crippen LogP contribution in [-0.4, -0.2) is 111 Å². The number of ether oxygens (including phenoxy) is 1. The molecule has 3 aliphatic rings. The highest BCUT2D eigenvalue weighted by Crippen LogP contribution is 2.31. The molecule has 2 saturated heterocycles. The number of hydrogen-bond acceptors (Lipinski definition) is 8. The molecule has 6 rings (SSSR count). The van der Waals surface area contributed by atoms with Gasteiger partial charge < -0.3 is 19.4 Å². The first kappa shape index (κ1) is 31.0. The van der Waals surface area contributed by atoms with Crippen LogP contribution in [0.2, 0.25) is 0 Å². The quantitative estimate of drug-likeness (QED) is 0.403. The molecule has 1 saturated carbocycles. The zero-order valence-corrected chi connectivity index (χ0v) is 26.0. The molecule has 0 radical (unpaired) electrons. The number of hydrogen-bond donors (Lipinski definition) is 0. The number of halogens is 1. The molecule has 2 aromatic heterocycles. The molecule has 4 heterocycles. The lowest BCUT2D eigenvalue weighted by Crippen LogP contribution is -2.53. The SMILES string of the molecule is CCOc1cccc(Cn2ncc3c(N4CCN(C(=O)C5CCC(N6CCN(C(C)=O)CC6)CC5)CC4)ncnc32)c1.Cl. The lowest BCUT2D eigenvalue weighted by molar-refractivity contribution is -0.137. The molecule has 0 spiro atoms. The lowest BCUT2D eigenvalue weighted by atomic mass is 9.84. The molecule has 0 atom stereocenters. The van der Waals surface area contributed by atoms with Crippen molar-refractivity contribution in [2.45, 2.75) is 52.1 Å². The first-order valence-electron chi connectivity index (χ1n) is 15.4. The van der Waals surface area contributed by atoms with Crippen molar-refractivity contribution in [3.05, 3.63) is 42.4 Å². The first-order chi connectivity index (χ1) is 20.5. The molecule has 0 N–H and O–H groups in total. The van der Waals surface area contributed by atoms with Crippen LogP contribution in [0.25, 0.3) is 11.0 Å². The van der Waals surface area contributed by atoms with Gasteiger partial charge in [0.25, 0.3) is 0 Å². The third-order valence-corrected chi connectivity index (χ3v) is 9.17. The number of carbonyl (C=O) groups excluding carboxylic acids is 2. The van der Waals surface area contributed by atoms with Crippen LogP contribution in [0.15, 0.2) is 36.8 Å². The van der Waals surface area contributed by atoms with Gasteiger partial charge in [-0.05, 0) is 50.3 Å². The van der Waals surface area contributed by atoms with E-state index in [0.717, 1.165) is 93.1 Å². The molecule has 12 heteroatoms. The molecule has 1 aromatic carbocycles. The molecule has 2 aliphatic heterocycles. The summed E-state index contributed by atoms with van der Waals surface area (Å²) >= 11 is 0. The number of piperazine rings is 2. The minimum atomic E-state index is 0. The van der Waals surface area contributed by atoms with Crippen LogP contribution in [0, 0.1) is 5.92 Å². The van der Waals surface area contributed by atoms with Crippen LogP contribution in [-0.2, 0) is 16.1 Å². The molecule has 232 valence electrons. The molecule has 1 aliphatic carbocycles. The van der Waals surface area contributed by atoms with Crippen molar-refractivity contribution in [2.24, 2.45) is 5.92 Å². The fraction of sp³-hybridized carbons (Fsp3) is 0.581. The Kier molecular flexibility index (Phi) is 10.0. The smallest absolute Gasteiger partial charge is 0.225 e. The van der Waals surface area contributed by atoms with E-state index in [2.05, 4.69) is 35.8 Å². The number of benzene rings is 1. The summed E-state index contributed by atoms with van der Waals surface area (Å²) in [6.07, 6.45) is 7.51. The van der Waals surface area contributed by atoms with Crippen molar-refractivity contribution >= 4 is 41.1 Å². The van der Waals surface area contributed by atoms with Gasteiger partial charge in [-0.25, -0.2) is 14.6 Å². The average Bonchev–Trinajstić information content (AvgIpc) is 3.44. The summed E-state index contributed by atoms with van der Waals surface area (Å²) in [4.78, 5) is 43.1. The highest BCUT2D eigenvalue weighted by Gasteiger charge is 2.34. The predicted molar refractivity (Wildman–Crippen MR) is 168 cm³/mol. The van der Waals surface area contributed by atoms with E-state index in [1.807, 2.05) is 40.9 Å². The van der Waals surface area contributed by atoms with Crippen LogP contribution in [0.3, 0.4) is 0 Å². The Morgan fingerprint density at radius 3 is 2.35 bits per heavy atom. The summed E-state index contributed by atoms with van der Waals surface area (Å²) in [6.45, 7) is 11.3. The van der Waals surface area contributed by atoms with E-state index in [1.165, 1.54) is 0 Å². The maximum atomic E-state index is 13.5. The second-order valence-electron chi connectivity index (χ2n) is 11.7. The second kappa shape index (κ2) is 13.9. The van der Waals surface area contributed by atoms with Gasteiger partial charge in [0.15, 0.2) is 5.65 Å². The van der Waals surface area contributed by atoms with Crippen LogP contribution in [0.5, 0.6) is 5.75 Å². The largest absolute Gasteiger partial charge is 0.494 e. The standard InChI is InChI=1S/C31H42N8O3.ClH/c1-3-42-27-6-4-5-24(19-27)21-39-30-28(20-34-39)29(32-22-33-30)37-15-17-38(18-16-37)31(41)25-7-9-26(10-8-25)36-13-11-35(12-14-36)23(2)40;/h4-6,19-20,22,25-26H,3,7-18,21H2,1-2H3;1H. The van der Waals surface area contributed by atoms with Crippen molar-refractivity contribution in [1.29, 1.82) is 0 Å². The van der Waals surface area contributed by atoms with Crippen molar-refractivity contribution in [3.8, 4) is 5.75 Å². The Hall–Kier alpha value is -3.44. The number of carbonyl (C=O) groups is 2. The highest BCUT2D eigenvalue weighted by atomic mass is 35.5. The normalized spacial score (nSPS) is 21.5. The van der Waals surface area contributed by atoms with Crippen LogP contribution in [0.4, 0.5) is 5.82 Å². The fourth-order valence-electron chi connectivity index (χ4n) is 6.81. The molecule has 3 fully saturated rings. The average molecular weight is 611 g/mol. The van der Waals surface area contributed by atoms with E-state index in [4.69, 9.17) is 4.74 Å². The summed E-state index contributed by atoms with van der Waals surface area (Å²) in [6, 6.07) is 8.60. The predicted octanol–water partition coefficient (Wildman–Crippen LogP) is 3.07. The molecular formula is C31H43ClN8O3. The number of nitrogens with zero attached hydrogens (tertiary/aromatic N) is 8. The molecule has 3 aromatic rings. The van der Waals surface area contributed by atoms with Crippen molar-refractivity contribution in [1.82, 2.24) is 34.4 Å². The number of amides is 2. The topological polar surface area (TPSA) is 99.9 Å². The van der Waals surface area contributed by atoms with Gasteiger partial charge >= 0.3 is 0 Å². The maximum Gasteiger partial charge on any atom is 0.225 e. The third-order valence-electron chi connectivity index (χ3n) is 9.17. The monoisotopic (exact) mass is 610 g/mol. The van der Waals surface area contributed by atoms with Gasteiger partial charge in [0.1, 0.15) is 17.9 Å². The van der Waals surface area contributed by atoms with E-state index < -0.39 is 0 Å². The van der Waals surface area contributed by atoms with Crippen LogP contribution >= 0.6 is 12.4 Å². The summed E-state index contributed by atoms with van der Waals surface area (Å²) in [7, 11) is 0. The number of anilines is 1. The van der Waals surface area contributed by atoms with E-state index in [9.17, 15) is 9.59 Å². The Morgan fingerprint density at radius 1 is 0.930 bits per heavy atom. The Labute approximate surface area is 259 Å². The van der Waals surface area contributed by atoms with Crippen molar-refractivity contribution in [3.63, 3.8) is 0 Å². The minimum Gasteiger partial charge on any atom is -0.494 e. The van der Waals surface area contributed by atoms with E-state index in [1.54, 1.807) is 13.3 Å². The summed E-state index contributed by atoms with van der Waals surface area (Å²) in [5.74, 6) is 2.34. The number of fused-ring (bicyclic) bond motifs is 1. The lowest BCUT2D eigenvalue weighted by Gasteiger charge is -2.42. The minimum absolute atomic E-state index is 0. The van der Waals surface area contributed by atoms with Gasteiger partial charge in [0.05, 0.1) is 24.7 Å². The zero-order chi connectivity index (χ0) is 29.1. The molecule has 0 unspecified atom stereocenters. The van der Waals surface area contributed by atoms with E-state index in [0.29, 0.717) is 38.2 Å². The van der Waals surface area contributed by atoms with Gasteiger partial charge in [-0.1, -0.05) is 12.1 Å². The Morgan fingerprint density at radius 2 is 1.65 bits per heavy atom. The van der Waals surface area contributed by atoms with E-state index in [-0.39, 0.29) is 24.2 Å². The summed E-state index contributed by atoms with van der Waals surface area (Å²) < 4.78 is 7.56. The number of aromatic nitrogens is 4. The van der Waals surface area contributed by atoms with Crippen molar-refractivity contribution in [2.75, 3.05) is 63.9 Å². The van der Waals surface area contributed by atoms with Crippen molar-refractivity contribution < 1.29 is 14.3 Å².